The number of ether oxygens (including phenoxy) is 1. The summed E-state index contributed by atoms with van der Waals surface area (Å²) in [7, 11) is 0. The number of phenolic OH excluding ortho intramolecular Hbond substituents is 1. The Bertz CT molecular complexity index is 1870. The van der Waals surface area contributed by atoms with Crippen LogP contribution in [0.15, 0.2) is 85.1 Å². The summed E-state index contributed by atoms with van der Waals surface area (Å²) in [5.41, 5.74) is 5.79. The van der Waals surface area contributed by atoms with Gasteiger partial charge in [-0.15, -0.1) is 0 Å². The van der Waals surface area contributed by atoms with Gasteiger partial charge in [-0.05, 0) is 35.2 Å². The van der Waals surface area contributed by atoms with Crippen LogP contribution in [0.1, 0.15) is 39.0 Å². The van der Waals surface area contributed by atoms with Crippen molar-refractivity contribution in [2.24, 2.45) is 0 Å². The predicted octanol–water partition coefficient (Wildman–Crippen LogP) is 7.77. The van der Waals surface area contributed by atoms with E-state index in [1.54, 1.807) is 12.3 Å². The average Bonchev–Trinajstić information content (AvgIpc) is 3.30. The maximum absolute atomic E-state index is 11.0. The van der Waals surface area contributed by atoms with Crippen molar-refractivity contribution in [3.63, 3.8) is 0 Å². The van der Waals surface area contributed by atoms with Crippen LogP contribution in [0.3, 0.4) is 0 Å². The van der Waals surface area contributed by atoms with Gasteiger partial charge in [0, 0.05) is 55.1 Å². The van der Waals surface area contributed by atoms with Crippen LogP contribution >= 0.6 is 0 Å². The van der Waals surface area contributed by atoms with E-state index in [0.717, 1.165) is 44.3 Å². The fourth-order valence-corrected chi connectivity index (χ4v) is 5.96. The van der Waals surface area contributed by atoms with Gasteiger partial charge in [-0.2, -0.15) is 0 Å². The molecule has 0 saturated carbocycles. The van der Waals surface area contributed by atoms with Crippen LogP contribution in [0.2, 0.25) is 0 Å². The van der Waals surface area contributed by atoms with E-state index in [1.807, 2.05) is 42.5 Å². The predicted molar refractivity (Wildman–Crippen MR) is 148 cm³/mol. The minimum absolute atomic E-state index is 0. The molecule has 4 heterocycles. The number of benzene rings is 3. The average molecular weight is 681 g/mol. The Kier molecular flexibility index (Phi) is 5.45. The van der Waals surface area contributed by atoms with Gasteiger partial charge in [-0.25, -0.2) is 9.97 Å². The topological polar surface area (TPSA) is 59.7 Å². The number of hydrogen-bond acceptors (Lipinski definition) is 4. The Morgan fingerprint density at radius 3 is 2.37 bits per heavy atom. The molecule has 1 aliphatic heterocycles. The number of nitrogens with zero attached hydrogens (tertiary/aromatic N) is 3. The Morgan fingerprint density at radius 2 is 1.58 bits per heavy atom. The van der Waals surface area contributed by atoms with Crippen molar-refractivity contribution in [1.29, 1.82) is 0 Å². The summed E-state index contributed by atoms with van der Waals surface area (Å²) in [6.45, 7) is 9.23. The molecule has 1 N–H and O–H groups in total. The van der Waals surface area contributed by atoms with Crippen molar-refractivity contribution in [1.82, 2.24) is 14.4 Å². The SMILES string of the molecule is CC1(C)c2cccc3c4cccc(O)c4c4nc(-c5cccc(Oc6ccccn6)c5)c(n4c23)C1(C)C.[Pt]. The number of pyridine rings is 2. The molecule has 5 nitrogen and oxygen atoms in total. The van der Waals surface area contributed by atoms with Crippen molar-refractivity contribution in [3.05, 3.63) is 96.3 Å². The first-order valence-corrected chi connectivity index (χ1v) is 12.6. The van der Waals surface area contributed by atoms with E-state index in [-0.39, 0.29) is 37.6 Å². The standard InChI is InChI=1S/C32H27N3O2.Pt/c1-31(2)23-14-8-13-22-21-12-9-15-24(36)26(21)30-34-27(29(32(31,3)4)35(30)28(22)23)19-10-7-11-20(18-19)37-25-16-5-6-17-33-25;/h5-18,36H,1-4H3;. The number of hydrogen-bond donors (Lipinski definition) is 1. The second kappa shape index (κ2) is 8.41. The van der Waals surface area contributed by atoms with Gasteiger partial charge >= 0.3 is 0 Å². The number of aromatic hydroxyl groups is 1. The monoisotopic (exact) mass is 680 g/mol. The second-order valence-electron chi connectivity index (χ2n) is 10.9. The maximum atomic E-state index is 11.0. The molecule has 6 aromatic rings. The molecule has 0 saturated heterocycles. The summed E-state index contributed by atoms with van der Waals surface area (Å²) in [6, 6.07) is 25.9. The number of rotatable bonds is 3. The molecule has 6 heteroatoms. The maximum Gasteiger partial charge on any atom is 0.219 e. The largest absolute Gasteiger partial charge is 0.507 e. The van der Waals surface area contributed by atoms with Crippen LogP contribution in [0, 0.1) is 0 Å². The number of imidazole rings is 1. The van der Waals surface area contributed by atoms with Crippen LogP contribution in [0.5, 0.6) is 17.4 Å². The summed E-state index contributed by atoms with van der Waals surface area (Å²) < 4.78 is 8.36. The van der Waals surface area contributed by atoms with E-state index in [2.05, 4.69) is 67.4 Å². The molecular weight excluding hydrogens is 653 g/mol. The third kappa shape index (κ3) is 3.21. The number of phenols is 1. The molecule has 0 atom stereocenters. The summed E-state index contributed by atoms with van der Waals surface area (Å²) in [5, 5.41) is 14.0. The number of para-hydroxylation sites is 1. The minimum Gasteiger partial charge on any atom is -0.507 e. The molecule has 1 aliphatic rings. The van der Waals surface area contributed by atoms with Gasteiger partial charge in [0.2, 0.25) is 5.88 Å². The summed E-state index contributed by atoms with van der Waals surface area (Å²) in [4.78, 5) is 9.57. The zero-order valence-corrected chi connectivity index (χ0v) is 23.9. The smallest absolute Gasteiger partial charge is 0.219 e. The van der Waals surface area contributed by atoms with Crippen LogP contribution in [0.25, 0.3) is 38.6 Å². The molecule has 0 spiro atoms. The first-order chi connectivity index (χ1) is 17.8. The normalized spacial score (nSPS) is 15.2. The molecule has 7 rings (SSSR count). The third-order valence-electron chi connectivity index (χ3n) is 8.49. The third-order valence-corrected chi connectivity index (χ3v) is 8.49. The zero-order valence-electron chi connectivity index (χ0n) is 21.6. The zero-order chi connectivity index (χ0) is 25.5. The van der Waals surface area contributed by atoms with Crippen LogP contribution in [0.4, 0.5) is 0 Å². The van der Waals surface area contributed by atoms with Crippen molar-refractivity contribution in [2.75, 3.05) is 0 Å². The van der Waals surface area contributed by atoms with Gasteiger partial charge in [0.15, 0.2) is 0 Å². The molecule has 38 heavy (non-hydrogen) atoms. The summed E-state index contributed by atoms with van der Waals surface area (Å²) >= 11 is 0. The van der Waals surface area contributed by atoms with Gasteiger partial charge < -0.3 is 9.84 Å². The van der Waals surface area contributed by atoms with E-state index in [0.29, 0.717) is 11.6 Å². The van der Waals surface area contributed by atoms with E-state index in [1.165, 1.54) is 5.56 Å². The van der Waals surface area contributed by atoms with Gasteiger partial charge in [-0.3, -0.25) is 4.40 Å². The van der Waals surface area contributed by atoms with E-state index >= 15 is 0 Å². The molecule has 0 fully saturated rings. The molecule has 0 bridgehead atoms. The molecule has 0 aliphatic carbocycles. The Morgan fingerprint density at radius 1 is 0.816 bits per heavy atom. The Labute approximate surface area is 235 Å². The van der Waals surface area contributed by atoms with Crippen LogP contribution < -0.4 is 4.74 Å². The Balaban J connectivity index is 0.00000264. The minimum atomic E-state index is -0.265. The molecule has 0 radical (unpaired) electrons. The Hall–Kier alpha value is -3.69. The summed E-state index contributed by atoms with van der Waals surface area (Å²) in [5.74, 6) is 1.48. The number of aromatic nitrogens is 3. The van der Waals surface area contributed by atoms with E-state index in [9.17, 15) is 5.11 Å². The van der Waals surface area contributed by atoms with E-state index in [4.69, 9.17) is 9.72 Å². The first kappa shape index (κ1) is 24.6. The van der Waals surface area contributed by atoms with Crippen LogP contribution in [-0.2, 0) is 31.9 Å². The molecule has 0 unspecified atom stereocenters. The fraction of sp³-hybridized carbons (Fsp3) is 0.188. The quantitative estimate of drug-likeness (QED) is 0.194. The fourth-order valence-electron chi connectivity index (χ4n) is 5.96. The van der Waals surface area contributed by atoms with Crippen molar-refractivity contribution >= 4 is 27.3 Å². The molecule has 0 amide bonds. The molecule has 3 aromatic carbocycles. The van der Waals surface area contributed by atoms with Crippen LogP contribution in [-0.4, -0.2) is 19.5 Å². The van der Waals surface area contributed by atoms with Gasteiger partial charge in [-0.1, -0.05) is 76.2 Å². The van der Waals surface area contributed by atoms with Gasteiger partial charge in [0.05, 0.1) is 22.3 Å². The van der Waals surface area contributed by atoms with Crippen molar-refractivity contribution < 1.29 is 30.9 Å². The van der Waals surface area contributed by atoms with Crippen molar-refractivity contribution in [2.45, 2.75) is 38.5 Å². The molecular formula is C32H27N3O2Pt. The van der Waals surface area contributed by atoms with Gasteiger partial charge in [0.1, 0.15) is 17.1 Å². The second-order valence-corrected chi connectivity index (χ2v) is 10.9. The summed E-state index contributed by atoms with van der Waals surface area (Å²) in [6.07, 6.45) is 1.72. The first-order valence-electron chi connectivity index (χ1n) is 12.6. The van der Waals surface area contributed by atoms with Gasteiger partial charge in [0.25, 0.3) is 0 Å². The molecule has 192 valence electrons. The number of fused-ring (bicyclic) bond motifs is 3. The van der Waals surface area contributed by atoms with E-state index < -0.39 is 0 Å². The molecule has 3 aromatic heterocycles. The van der Waals surface area contributed by atoms with Crippen molar-refractivity contribution in [3.8, 4) is 28.6 Å².